The van der Waals surface area contributed by atoms with Crippen molar-refractivity contribution in [3.8, 4) is 0 Å². The topological polar surface area (TPSA) is 66.0 Å². The summed E-state index contributed by atoms with van der Waals surface area (Å²) in [5, 5.41) is 6.11. The van der Waals surface area contributed by atoms with Crippen molar-refractivity contribution in [3.05, 3.63) is 70.8 Å². The molecule has 3 rings (SSSR count). The molecule has 1 amide bonds. The summed E-state index contributed by atoms with van der Waals surface area (Å²) in [6, 6.07) is 16.3. The van der Waals surface area contributed by atoms with Crippen LogP contribution in [-0.2, 0) is 16.1 Å². The van der Waals surface area contributed by atoms with Gasteiger partial charge in [-0.15, -0.1) is 0 Å². The van der Waals surface area contributed by atoms with Crippen molar-refractivity contribution >= 4 is 11.9 Å². The first-order valence-corrected chi connectivity index (χ1v) is 10.0. The summed E-state index contributed by atoms with van der Waals surface area (Å²) in [5.74, 6) is 0.659. The predicted octanol–water partition coefficient (Wildman–Crippen LogP) is 2.57. The number of morpholine rings is 1. The summed E-state index contributed by atoms with van der Waals surface area (Å²) < 4.78 is 6.02. The van der Waals surface area contributed by atoms with Crippen LogP contribution in [0.1, 0.15) is 28.4 Å². The van der Waals surface area contributed by atoms with E-state index in [1.54, 1.807) is 7.05 Å². The zero-order valence-electron chi connectivity index (χ0n) is 17.4. The van der Waals surface area contributed by atoms with Gasteiger partial charge in [-0.2, -0.15) is 0 Å². The van der Waals surface area contributed by atoms with Crippen LogP contribution in [0, 0.1) is 13.8 Å². The molecule has 2 aromatic rings. The second-order valence-corrected chi connectivity index (χ2v) is 7.33. The molecule has 1 fully saturated rings. The third-order valence-electron chi connectivity index (χ3n) is 5.09. The minimum Gasteiger partial charge on any atom is -0.370 e. The third kappa shape index (κ3) is 5.81. The highest BCUT2D eigenvalue weighted by molar-refractivity contribution is 5.86. The number of hydrogen-bond donors (Lipinski definition) is 2. The van der Waals surface area contributed by atoms with Gasteiger partial charge in [0.05, 0.1) is 19.7 Å². The van der Waals surface area contributed by atoms with Crippen LogP contribution in [-0.4, -0.2) is 50.1 Å². The lowest BCUT2D eigenvalue weighted by Crippen LogP contribution is -2.50. The fraction of sp³-hybridized carbons (Fsp3) is 0.391. The Morgan fingerprint density at radius 3 is 2.69 bits per heavy atom. The van der Waals surface area contributed by atoms with Gasteiger partial charge in [0.15, 0.2) is 5.96 Å². The number of benzene rings is 2. The lowest BCUT2D eigenvalue weighted by molar-refractivity contribution is -0.120. The van der Waals surface area contributed by atoms with Crippen molar-refractivity contribution in [3.63, 3.8) is 0 Å². The van der Waals surface area contributed by atoms with Crippen LogP contribution in [0.2, 0.25) is 0 Å². The molecule has 1 unspecified atom stereocenters. The highest BCUT2D eigenvalue weighted by Crippen LogP contribution is 2.25. The second-order valence-electron chi connectivity index (χ2n) is 7.33. The van der Waals surface area contributed by atoms with Gasteiger partial charge in [0.25, 0.3) is 0 Å². The van der Waals surface area contributed by atoms with E-state index in [1.165, 1.54) is 16.7 Å². The third-order valence-corrected chi connectivity index (χ3v) is 5.09. The molecule has 1 atom stereocenters. The number of rotatable bonds is 5. The van der Waals surface area contributed by atoms with Crippen molar-refractivity contribution in [2.75, 3.05) is 33.3 Å². The van der Waals surface area contributed by atoms with Crippen LogP contribution in [0.15, 0.2) is 53.5 Å². The second kappa shape index (κ2) is 10.1. The Hall–Kier alpha value is -2.86. The summed E-state index contributed by atoms with van der Waals surface area (Å²) in [6.45, 7) is 6.99. The fourth-order valence-corrected chi connectivity index (χ4v) is 3.57. The average Bonchev–Trinajstić information content (AvgIpc) is 2.73. The molecule has 6 nitrogen and oxygen atoms in total. The van der Waals surface area contributed by atoms with Gasteiger partial charge in [-0.05, 0) is 30.5 Å². The predicted molar refractivity (Wildman–Crippen MR) is 116 cm³/mol. The summed E-state index contributed by atoms with van der Waals surface area (Å²) in [5.41, 5.74) is 4.77. The zero-order chi connectivity index (χ0) is 20.6. The number of aryl methyl sites for hydroxylation is 2. The maximum absolute atomic E-state index is 12.2. The molecule has 0 radical (unpaired) electrons. The number of ether oxygens (including phenoxy) is 1. The number of amides is 1. The van der Waals surface area contributed by atoms with Crippen LogP contribution in [0.3, 0.4) is 0 Å². The first-order valence-electron chi connectivity index (χ1n) is 10.0. The molecule has 6 heteroatoms. The van der Waals surface area contributed by atoms with E-state index in [0.717, 1.165) is 18.1 Å². The number of aliphatic imine (C=N–C) groups is 1. The van der Waals surface area contributed by atoms with Crippen LogP contribution < -0.4 is 10.6 Å². The van der Waals surface area contributed by atoms with Gasteiger partial charge in [0, 0.05) is 20.1 Å². The summed E-state index contributed by atoms with van der Waals surface area (Å²) in [7, 11) is 1.74. The Bertz CT molecular complexity index is 851. The normalized spacial score (nSPS) is 17.1. The van der Waals surface area contributed by atoms with Crippen LogP contribution in [0.25, 0.3) is 0 Å². The smallest absolute Gasteiger partial charge is 0.239 e. The quantitative estimate of drug-likeness (QED) is 0.604. The average molecular weight is 395 g/mol. The molecule has 29 heavy (non-hydrogen) atoms. The van der Waals surface area contributed by atoms with Crippen molar-refractivity contribution in [2.24, 2.45) is 4.99 Å². The molecule has 2 aromatic carbocycles. The van der Waals surface area contributed by atoms with Gasteiger partial charge >= 0.3 is 0 Å². The largest absolute Gasteiger partial charge is 0.370 e. The minimum absolute atomic E-state index is 0.00481. The summed E-state index contributed by atoms with van der Waals surface area (Å²) in [6.07, 6.45) is -0.00481. The maximum atomic E-state index is 12.2. The lowest BCUT2D eigenvalue weighted by Gasteiger charge is -2.35. The van der Waals surface area contributed by atoms with E-state index in [9.17, 15) is 4.79 Å². The number of hydrogen-bond acceptors (Lipinski definition) is 3. The fourth-order valence-electron chi connectivity index (χ4n) is 3.57. The molecule has 2 N–H and O–H groups in total. The van der Waals surface area contributed by atoms with E-state index in [2.05, 4.69) is 52.6 Å². The Morgan fingerprint density at radius 1 is 1.17 bits per heavy atom. The van der Waals surface area contributed by atoms with E-state index in [1.807, 2.05) is 30.3 Å². The molecule has 154 valence electrons. The maximum Gasteiger partial charge on any atom is 0.239 e. The Balaban J connectivity index is 1.53. The van der Waals surface area contributed by atoms with Gasteiger partial charge in [-0.3, -0.25) is 9.79 Å². The van der Waals surface area contributed by atoms with Crippen LogP contribution >= 0.6 is 0 Å². The highest BCUT2D eigenvalue weighted by atomic mass is 16.5. The number of nitrogens with one attached hydrogen (secondary N) is 2. The molecule has 1 aliphatic rings. The van der Waals surface area contributed by atoms with Gasteiger partial charge in [-0.25, -0.2) is 0 Å². The van der Waals surface area contributed by atoms with Gasteiger partial charge < -0.3 is 20.3 Å². The molecular formula is C23H30N4O2. The Kier molecular flexibility index (Phi) is 7.25. The van der Waals surface area contributed by atoms with E-state index in [4.69, 9.17) is 4.74 Å². The summed E-state index contributed by atoms with van der Waals surface area (Å²) >= 11 is 0. The molecule has 0 spiro atoms. The molecule has 0 aromatic heterocycles. The van der Waals surface area contributed by atoms with Crippen LogP contribution in [0.5, 0.6) is 0 Å². The van der Waals surface area contributed by atoms with Gasteiger partial charge in [-0.1, -0.05) is 54.1 Å². The van der Waals surface area contributed by atoms with Crippen molar-refractivity contribution in [1.82, 2.24) is 15.5 Å². The molecule has 1 aliphatic heterocycles. The van der Waals surface area contributed by atoms with E-state index >= 15 is 0 Å². The number of nitrogens with zero attached hydrogens (tertiary/aromatic N) is 2. The number of guanidine groups is 1. The van der Waals surface area contributed by atoms with Crippen molar-refractivity contribution in [1.29, 1.82) is 0 Å². The first kappa shape index (κ1) is 20.9. The monoisotopic (exact) mass is 394 g/mol. The van der Waals surface area contributed by atoms with Gasteiger partial charge in [0.2, 0.25) is 5.91 Å². The van der Waals surface area contributed by atoms with Crippen molar-refractivity contribution < 1.29 is 9.53 Å². The zero-order valence-corrected chi connectivity index (χ0v) is 17.4. The molecule has 1 saturated heterocycles. The Labute approximate surface area is 173 Å². The lowest BCUT2D eigenvalue weighted by atomic mass is 10.00. The SMILES string of the molecule is CN=C(NCC(=O)NCc1ccccc1)N1CCOC(c2ccc(C)cc2C)C1. The Morgan fingerprint density at radius 2 is 1.97 bits per heavy atom. The van der Waals surface area contributed by atoms with Gasteiger partial charge in [0.1, 0.15) is 6.10 Å². The first-order chi connectivity index (χ1) is 14.1. The molecule has 0 bridgehead atoms. The molecule has 0 saturated carbocycles. The van der Waals surface area contributed by atoms with Crippen LogP contribution in [0.4, 0.5) is 0 Å². The van der Waals surface area contributed by atoms with E-state index < -0.39 is 0 Å². The molecule has 0 aliphatic carbocycles. The highest BCUT2D eigenvalue weighted by Gasteiger charge is 2.25. The van der Waals surface area contributed by atoms with E-state index in [-0.39, 0.29) is 18.6 Å². The van der Waals surface area contributed by atoms with Crippen molar-refractivity contribution in [2.45, 2.75) is 26.5 Å². The minimum atomic E-state index is -0.0609. The number of carbonyl (C=O) groups excluding carboxylic acids is 1. The summed E-state index contributed by atoms with van der Waals surface area (Å²) in [4.78, 5) is 18.7. The molecular weight excluding hydrogens is 364 g/mol. The number of carbonyl (C=O) groups is 1. The molecule has 1 heterocycles. The standard InChI is InChI=1S/C23H30N4O2/c1-17-9-10-20(18(2)13-17)21-16-27(11-12-29-21)23(24-3)26-15-22(28)25-14-19-7-5-4-6-8-19/h4-10,13,21H,11-12,14-16H2,1-3H3,(H,24,26)(H,25,28). The van der Waals surface area contributed by atoms with E-state index in [0.29, 0.717) is 19.7 Å².